The van der Waals surface area contributed by atoms with Crippen LogP contribution < -0.4 is 0 Å². The van der Waals surface area contributed by atoms with E-state index >= 15 is 0 Å². The monoisotopic (exact) mass is 405 g/mol. The molecule has 2 aromatic heterocycles. The van der Waals surface area contributed by atoms with Crippen LogP contribution in [0.4, 0.5) is 0 Å². The second-order valence-corrected chi connectivity index (χ2v) is 8.88. The SMILES string of the molecule is Cc1ccccc1CC(=O)N1C[C@@H]2[C@H](C1)n1cccc1C(=O)N2Cc1cccs1. The van der Waals surface area contributed by atoms with Crippen LogP contribution in [0.25, 0.3) is 0 Å². The Morgan fingerprint density at radius 3 is 2.69 bits per heavy atom. The lowest BCUT2D eigenvalue weighted by Crippen LogP contribution is -2.49. The van der Waals surface area contributed by atoms with E-state index in [2.05, 4.69) is 10.6 Å². The van der Waals surface area contributed by atoms with Crippen LogP contribution in [-0.2, 0) is 17.8 Å². The average Bonchev–Trinajstić information content (AvgIpc) is 3.46. The number of carbonyl (C=O) groups excluding carboxylic acids is 2. The highest BCUT2D eigenvalue weighted by atomic mass is 32.1. The second kappa shape index (κ2) is 7.19. The number of fused-ring (bicyclic) bond motifs is 3. The van der Waals surface area contributed by atoms with Gasteiger partial charge < -0.3 is 14.4 Å². The van der Waals surface area contributed by atoms with Gasteiger partial charge in [0.05, 0.1) is 25.0 Å². The zero-order chi connectivity index (χ0) is 20.0. The van der Waals surface area contributed by atoms with Crippen LogP contribution in [0.1, 0.15) is 32.5 Å². The maximum Gasteiger partial charge on any atom is 0.271 e. The Labute approximate surface area is 174 Å². The summed E-state index contributed by atoms with van der Waals surface area (Å²) in [5.41, 5.74) is 2.93. The number of rotatable bonds is 4. The van der Waals surface area contributed by atoms with Gasteiger partial charge in [-0.05, 0) is 41.6 Å². The molecule has 29 heavy (non-hydrogen) atoms. The minimum absolute atomic E-state index is 0.00493. The fourth-order valence-corrected chi connectivity index (χ4v) is 5.26. The van der Waals surface area contributed by atoms with Crippen LogP contribution in [0.15, 0.2) is 60.1 Å². The van der Waals surface area contributed by atoms with Gasteiger partial charge in [0.1, 0.15) is 5.69 Å². The number of hydrogen-bond donors (Lipinski definition) is 0. The normalized spacial score (nSPS) is 20.7. The van der Waals surface area contributed by atoms with Crippen LogP contribution in [0.2, 0.25) is 0 Å². The smallest absolute Gasteiger partial charge is 0.271 e. The number of thiophene rings is 1. The molecule has 148 valence electrons. The Morgan fingerprint density at radius 2 is 1.90 bits per heavy atom. The van der Waals surface area contributed by atoms with E-state index in [1.165, 1.54) is 4.88 Å². The zero-order valence-corrected chi connectivity index (χ0v) is 17.1. The molecule has 0 radical (unpaired) electrons. The Morgan fingerprint density at radius 1 is 1.07 bits per heavy atom. The van der Waals surface area contributed by atoms with Crippen LogP contribution in [0.3, 0.4) is 0 Å². The number of aryl methyl sites for hydroxylation is 1. The molecule has 0 aliphatic carbocycles. The number of hydrogen-bond acceptors (Lipinski definition) is 3. The van der Waals surface area contributed by atoms with Crippen molar-refractivity contribution < 1.29 is 9.59 Å². The van der Waals surface area contributed by atoms with Crippen LogP contribution >= 0.6 is 11.3 Å². The second-order valence-electron chi connectivity index (χ2n) is 7.85. The highest BCUT2D eigenvalue weighted by Crippen LogP contribution is 2.35. The molecular formula is C23H23N3O2S. The highest BCUT2D eigenvalue weighted by Gasteiger charge is 2.46. The number of aromatic nitrogens is 1. The Hall–Kier alpha value is -2.86. The molecule has 2 amide bonds. The lowest BCUT2D eigenvalue weighted by Gasteiger charge is -2.37. The summed E-state index contributed by atoms with van der Waals surface area (Å²) in [4.78, 5) is 31.3. The van der Waals surface area contributed by atoms with Gasteiger partial charge in [-0.2, -0.15) is 0 Å². The molecule has 2 aliphatic heterocycles. The number of likely N-dealkylation sites (tertiary alicyclic amines) is 1. The molecule has 4 heterocycles. The molecule has 1 saturated heterocycles. The Bertz CT molecular complexity index is 1060. The first-order valence-electron chi connectivity index (χ1n) is 9.94. The molecule has 0 N–H and O–H groups in total. The summed E-state index contributed by atoms with van der Waals surface area (Å²) in [7, 11) is 0. The molecule has 2 atom stereocenters. The first-order valence-corrected chi connectivity index (χ1v) is 10.8. The summed E-state index contributed by atoms with van der Waals surface area (Å²) in [6.45, 7) is 3.87. The number of carbonyl (C=O) groups is 2. The third kappa shape index (κ3) is 3.17. The molecule has 5 nitrogen and oxygen atoms in total. The van der Waals surface area contributed by atoms with Crippen molar-refractivity contribution in [2.45, 2.75) is 32.0 Å². The van der Waals surface area contributed by atoms with E-state index in [0.29, 0.717) is 26.1 Å². The number of amides is 2. The molecule has 0 spiro atoms. The third-order valence-corrected chi connectivity index (χ3v) is 7.00. The summed E-state index contributed by atoms with van der Waals surface area (Å²) in [6.07, 6.45) is 2.38. The van der Waals surface area contributed by atoms with E-state index in [1.54, 1.807) is 11.3 Å². The largest absolute Gasteiger partial charge is 0.338 e. The predicted molar refractivity (Wildman–Crippen MR) is 113 cm³/mol. The predicted octanol–water partition coefficient (Wildman–Crippen LogP) is 3.51. The first-order chi connectivity index (χ1) is 14.1. The molecule has 5 rings (SSSR count). The van der Waals surface area contributed by atoms with E-state index in [-0.39, 0.29) is 23.9 Å². The van der Waals surface area contributed by atoms with E-state index in [0.717, 1.165) is 16.8 Å². The summed E-state index contributed by atoms with van der Waals surface area (Å²) >= 11 is 1.67. The Balaban J connectivity index is 1.41. The molecule has 0 bridgehead atoms. The lowest BCUT2D eigenvalue weighted by atomic mass is 10.1. The van der Waals surface area contributed by atoms with Gasteiger partial charge in [0.25, 0.3) is 5.91 Å². The van der Waals surface area contributed by atoms with Gasteiger partial charge in [-0.15, -0.1) is 11.3 Å². The van der Waals surface area contributed by atoms with Gasteiger partial charge in [-0.1, -0.05) is 30.3 Å². The van der Waals surface area contributed by atoms with Crippen molar-refractivity contribution in [1.29, 1.82) is 0 Å². The van der Waals surface area contributed by atoms with Gasteiger partial charge in [-0.3, -0.25) is 9.59 Å². The molecule has 0 saturated carbocycles. The molecule has 6 heteroatoms. The molecule has 3 aromatic rings. The van der Waals surface area contributed by atoms with Gasteiger partial charge in [0, 0.05) is 24.2 Å². The van der Waals surface area contributed by atoms with Crippen molar-refractivity contribution in [2.75, 3.05) is 13.1 Å². The highest BCUT2D eigenvalue weighted by molar-refractivity contribution is 7.09. The van der Waals surface area contributed by atoms with Crippen LogP contribution in [0.5, 0.6) is 0 Å². The van der Waals surface area contributed by atoms with Crippen molar-refractivity contribution in [3.05, 3.63) is 81.8 Å². The molecule has 2 aliphatic rings. The van der Waals surface area contributed by atoms with E-state index < -0.39 is 0 Å². The Kier molecular flexibility index (Phi) is 4.51. The summed E-state index contributed by atoms with van der Waals surface area (Å²) in [5.74, 6) is 0.184. The third-order valence-electron chi connectivity index (χ3n) is 6.14. The van der Waals surface area contributed by atoms with Crippen molar-refractivity contribution in [3.63, 3.8) is 0 Å². The summed E-state index contributed by atoms with van der Waals surface area (Å²) < 4.78 is 2.07. The minimum atomic E-state index is 0.00493. The van der Waals surface area contributed by atoms with Crippen molar-refractivity contribution >= 4 is 23.2 Å². The van der Waals surface area contributed by atoms with Gasteiger partial charge in [0.15, 0.2) is 0 Å². The molecule has 0 unspecified atom stereocenters. The lowest BCUT2D eigenvalue weighted by molar-refractivity contribution is -0.129. The average molecular weight is 406 g/mol. The fraction of sp³-hybridized carbons (Fsp3) is 0.304. The number of nitrogens with zero attached hydrogens (tertiary/aromatic N) is 3. The van der Waals surface area contributed by atoms with E-state index in [1.807, 2.05) is 70.8 Å². The molecule has 1 aromatic carbocycles. The van der Waals surface area contributed by atoms with Gasteiger partial charge >= 0.3 is 0 Å². The van der Waals surface area contributed by atoms with Crippen LogP contribution in [0, 0.1) is 6.92 Å². The summed E-state index contributed by atoms with van der Waals surface area (Å²) in [6, 6.07) is 16.0. The summed E-state index contributed by atoms with van der Waals surface area (Å²) in [5, 5.41) is 2.04. The standard InChI is InChI=1S/C23H23N3O2S/c1-16-6-2-3-7-17(16)12-22(27)24-14-20-21(15-24)26(13-18-8-5-11-29-18)23(28)19-9-4-10-25(19)20/h2-11,20-21H,12-15H2,1H3/t20-,21+/m0/s1. The molecule has 1 fully saturated rings. The quantitative estimate of drug-likeness (QED) is 0.667. The first kappa shape index (κ1) is 18.2. The zero-order valence-electron chi connectivity index (χ0n) is 16.3. The number of benzene rings is 1. The maximum atomic E-state index is 13.2. The van der Waals surface area contributed by atoms with Crippen molar-refractivity contribution in [1.82, 2.24) is 14.4 Å². The molecular weight excluding hydrogens is 382 g/mol. The van der Waals surface area contributed by atoms with Gasteiger partial charge in [-0.25, -0.2) is 0 Å². The van der Waals surface area contributed by atoms with Gasteiger partial charge in [0.2, 0.25) is 5.91 Å². The van der Waals surface area contributed by atoms with E-state index in [9.17, 15) is 9.59 Å². The topological polar surface area (TPSA) is 45.6 Å². The van der Waals surface area contributed by atoms with E-state index in [4.69, 9.17) is 0 Å². The maximum absolute atomic E-state index is 13.2. The van der Waals surface area contributed by atoms with Crippen molar-refractivity contribution in [2.24, 2.45) is 0 Å². The minimum Gasteiger partial charge on any atom is -0.338 e. The fourth-order valence-electron chi connectivity index (χ4n) is 4.56. The van der Waals surface area contributed by atoms with Crippen molar-refractivity contribution in [3.8, 4) is 0 Å². The van der Waals surface area contributed by atoms with Crippen LogP contribution in [-0.4, -0.2) is 45.3 Å².